The Morgan fingerprint density at radius 1 is 1.30 bits per heavy atom. The largest absolute Gasteiger partial charge is 0.476 e. The van der Waals surface area contributed by atoms with Crippen LogP contribution in [0.5, 0.6) is 0 Å². The van der Waals surface area contributed by atoms with Crippen molar-refractivity contribution < 1.29 is 9.90 Å². The molecule has 136 valence electrons. The Morgan fingerprint density at radius 2 is 2.07 bits per heavy atom. The number of rotatable bonds is 3. The maximum atomic E-state index is 11.6. The first-order valence-electron chi connectivity index (χ1n) is 8.34. The topological polar surface area (TPSA) is 55.1 Å². The molecule has 1 aliphatic rings. The Balaban J connectivity index is 1.86. The second kappa shape index (κ2) is 7.05. The predicted molar refractivity (Wildman–Crippen MR) is 108 cm³/mol. The molecule has 0 saturated heterocycles. The minimum atomic E-state index is -1.08. The van der Waals surface area contributed by atoms with Crippen LogP contribution in [0.4, 0.5) is 0 Å². The predicted octanol–water partition coefficient (Wildman–Crippen LogP) is 5.68. The fourth-order valence-electron chi connectivity index (χ4n) is 2.75. The normalized spacial score (nSPS) is 13.3. The lowest BCUT2D eigenvalue weighted by Gasteiger charge is -2.09. The number of aromatic carboxylic acids is 1. The summed E-state index contributed by atoms with van der Waals surface area (Å²) in [5.41, 5.74) is 1.85. The third-order valence-corrected chi connectivity index (χ3v) is 5.82. The van der Waals surface area contributed by atoms with Crippen LogP contribution in [0.15, 0.2) is 30.3 Å². The van der Waals surface area contributed by atoms with Gasteiger partial charge in [0.25, 0.3) is 0 Å². The third-order valence-electron chi connectivity index (χ3n) is 4.28. The number of carbonyl (C=O) groups is 1. The number of nitrogens with zero attached hydrogens (tertiary/aromatic N) is 2. The number of hydrogen-bond donors (Lipinski definition) is 1. The maximum absolute atomic E-state index is 11.6. The van der Waals surface area contributed by atoms with Gasteiger partial charge in [-0.3, -0.25) is 0 Å². The van der Waals surface area contributed by atoms with Crippen LogP contribution in [0.2, 0.25) is 10.0 Å². The fraction of sp³-hybridized carbons (Fsp3) is 0.200. The molecule has 4 rings (SSSR count). The first kappa shape index (κ1) is 18.1. The zero-order valence-corrected chi connectivity index (χ0v) is 16.6. The SMILES string of the molecule is Cc1c(C(=O)O)nn(-c2ccc(Cl)cc2Cl)c1-c1ccc(C#CC2CC2)s1. The van der Waals surface area contributed by atoms with E-state index in [2.05, 4.69) is 16.9 Å². The maximum Gasteiger partial charge on any atom is 0.356 e. The van der Waals surface area contributed by atoms with Gasteiger partial charge in [0.2, 0.25) is 0 Å². The number of carboxylic acid groups (broad SMARTS) is 1. The van der Waals surface area contributed by atoms with Crippen LogP contribution in [0.1, 0.15) is 33.8 Å². The second-order valence-electron chi connectivity index (χ2n) is 6.34. The molecule has 7 heteroatoms. The summed E-state index contributed by atoms with van der Waals surface area (Å²) in [5.74, 6) is 5.89. The molecule has 1 aromatic carbocycles. The zero-order chi connectivity index (χ0) is 19.1. The van der Waals surface area contributed by atoms with E-state index in [0.29, 0.717) is 32.9 Å². The molecule has 1 N–H and O–H groups in total. The first-order chi connectivity index (χ1) is 12.9. The van der Waals surface area contributed by atoms with Gasteiger partial charge in [-0.05, 0) is 50.1 Å². The molecule has 1 fully saturated rings. The lowest BCUT2D eigenvalue weighted by atomic mass is 10.1. The quantitative estimate of drug-likeness (QED) is 0.559. The molecule has 0 spiro atoms. The van der Waals surface area contributed by atoms with E-state index in [1.807, 2.05) is 12.1 Å². The van der Waals surface area contributed by atoms with Crippen LogP contribution in [-0.2, 0) is 0 Å². The van der Waals surface area contributed by atoms with Crippen LogP contribution in [0, 0.1) is 24.7 Å². The number of halogens is 2. The van der Waals surface area contributed by atoms with E-state index in [-0.39, 0.29) is 5.69 Å². The monoisotopic (exact) mass is 416 g/mol. The smallest absolute Gasteiger partial charge is 0.356 e. The van der Waals surface area contributed by atoms with Crippen molar-refractivity contribution in [1.29, 1.82) is 0 Å². The molecule has 0 bridgehead atoms. The summed E-state index contributed by atoms with van der Waals surface area (Å²) in [6.45, 7) is 1.75. The summed E-state index contributed by atoms with van der Waals surface area (Å²) < 4.78 is 1.57. The molecule has 1 saturated carbocycles. The highest BCUT2D eigenvalue weighted by molar-refractivity contribution is 7.16. The Morgan fingerprint density at radius 3 is 2.74 bits per heavy atom. The van der Waals surface area contributed by atoms with Gasteiger partial charge in [0.05, 0.1) is 26.2 Å². The Kier molecular flexibility index (Phi) is 4.73. The van der Waals surface area contributed by atoms with Gasteiger partial charge in [-0.2, -0.15) is 5.10 Å². The highest BCUT2D eigenvalue weighted by Crippen LogP contribution is 2.36. The summed E-state index contributed by atoms with van der Waals surface area (Å²) in [6, 6.07) is 8.94. The van der Waals surface area contributed by atoms with E-state index in [1.54, 1.807) is 29.8 Å². The molecule has 0 unspecified atom stereocenters. The number of thiophene rings is 1. The summed E-state index contributed by atoms with van der Waals surface area (Å²) in [6.07, 6.45) is 2.35. The van der Waals surface area contributed by atoms with Crippen molar-refractivity contribution in [2.75, 3.05) is 0 Å². The van der Waals surface area contributed by atoms with Gasteiger partial charge in [0.1, 0.15) is 0 Å². The summed E-state index contributed by atoms with van der Waals surface area (Å²) in [5, 5.41) is 14.7. The minimum Gasteiger partial charge on any atom is -0.476 e. The standard InChI is InChI=1S/C20H14Cl2N2O2S/c1-11-18(20(25)26)23-24(16-8-5-13(21)10-15(16)22)19(11)17-9-7-14(27-17)6-4-12-2-3-12/h5,7-10,12H,2-3H2,1H3,(H,25,26). The zero-order valence-electron chi connectivity index (χ0n) is 14.3. The molecule has 0 atom stereocenters. The Labute approximate surface area is 170 Å². The molecular weight excluding hydrogens is 403 g/mol. The van der Waals surface area contributed by atoms with E-state index in [9.17, 15) is 9.90 Å². The van der Waals surface area contributed by atoms with Crippen molar-refractivity contribution in [2.24, 2.45) is 5.92 Å². The Hall–Kier alpha value is -2.26. The van der Waals surface area contributed by atoms with E-state index in [4.69, 9.17) is 23.2 Å². The summed E-state index contributed by atoms with van der Waals surface area (Å²) in [7, 11) is 0. The minimum absolute atomic E-state index is 0.00460. The van der Waals surface area contributed by atoms with E-state index in [1.165, 1.54) is 24.2 Å². The lowest BCUT2D eigenvalue weighted by Crippen LogP contribution is -2.02. The lowest BCUT2D eigenvalue weighted by molar-refractivity contribution is 0.0689. The van der Waals surface area contributed by atoms with Crippen LogP contribution in [0.3, 0.4) is 0 Å². The van der Waals surface area contributed by atoms with Crippen LogP contribution in [-0.4, -0.2) is 20.9 Å². The highest BCUT2D eigenvalue weighted by Gasteiger charge is 2.24. The number of aromatic nitrogens is 2. The second-order valence-corrected chi connectivity index (χ2v) is 8.27. The average Bonchev–Trinajstić information content (AvgIpc) is 3.22. The molecule has 1 aliphatic carbocycles. The van der Waals surface area contributed by atoms with Crippen molar-refractivity contribution >= 4 is 40.5 Å². The van der Waals surface area contributed by atoms with Crippen LogP contribution < -0.4 is 0 Å². The van der Waals surface area contributed by atoms with Gasteiger partial charge in [-0.15, -0.1) is 11.3 Å². The van der Waals surface area contributed by atoms with E-state index < -0.39 is 5.97 Å². The van der Waals surface area contributed by atoms with Gasteiger partial charge in [0, 0.05) is 16.5 Å². The molecule has 27 heavy (non-hydrogen) atoms. The van der Waals surface area contributed by atoms with Gasteiger partial charge < -0.3 is 5.11 Å². The average molecular weight is 417 g/mol. The molecular formula is C20H14Cl2N2O2S. The van der Waals surface area contributed by atoms with Crippen LogP contribution in [0.25, 0.3) is 16.3 Å². The van der Waals surface area contributed by atoms with Gasteiger partial charge in [-0.1, -0.05) is 35.0 Å². The van der Waals surface area contributed by atoms with Crippen molar-refractivity contribution in [3.63, 3.8) is 0 Å². The molecule has 2 heterocycles. The van der Waals surface area contributed by atoms with Crippen molar-refractivity contribution in [3.8, 4) is 28.1 Å². The van der Waals surface area contributed by atoms with E-state index in [0.717, 1.165) is 9.75 Å². The third kappa shape index (κ3) is 3.61. The van der Waals surface area contributed by atoms with Gasteiger partial charge >= 0.3 is 5.97 Å². The van der Waals surface area contributed by atoms with Crippen LogP contribution >= 0.6 is 34.5 Å². The highest BCUT2D eigenvalue weighted by atomic mass is 35.5. The molecule has 0 aliphatic heterocycles. The fourth-order valence-corrected chi connectivity index (χ4v) is 4.19. The van der Waals surface area contributed by atoms with Crippen molar-refractivity contribution in [3.05, 3.63) is 56.5 Å². The molecule has 3 aromatic rings. The van der Waals surface area contributed by atoms with Crippen molar-refractivity contribution in [2.45, 2.75) is 19.8 Å². The number of hydrogen-bond acceptors (Lipinski definition) is 3. The first-order valence-corrected chi connectivity index (χ1v) is 9.91. The number of benzene rings is 1. The summed E-state index contributed by atoms with van der Waals surface area (Å²) >= 11 is 13.9. The molecule has 2 aromatic heterocycles. The van der Waals surface area contributed by atoms with Gasteiger partial charge in [0.15, 0.2) is 5.69 Å². The van der Waals surface area contributed by atoms with Gasteiger partial charge in [-0.25, -0.2) is 9.48 Å². The number of carboxylic acids is 1. The molecule has 0 amide bonds. The summed E-state index contributed by atoms with van der Waals surface area (Å²) in [4.78, 5) is 13.5. The van der Waals surface area contributed by atoms with E-state index >= 15 is 0 Å². The van der Waals surface area contributed by atoms with Crippen molar-refractivity contribution in [1.82, 2.24) is 9.78 Å². The molecule has 4 nitrogen and oxygen atoms in total. The molecule has 0 radical (unpaired) electrons. The Bertz CT molecular complexity index is 1120.